The van der Waals surface area contributed by atoms with Crippen molar-refractivity contribution in [2.45, 2.75) is 44.8 Å². The highest BCUT2D eigenvalue weighted by molar-refractivity contribution is 7.12. The Morgan fingerprint density at radius 1 is 1.26 bits per heavy atom. The van der Waals surface area contributed by atoms with E-state index in [1.165, 1.54) is 11.3 Å². The van der Waals surface area contributed by atoms with Crippen molar-refractivity contribution in [3.05, 3.63) is 62.2 Å². The van der Waals surface area contributed by atoms with Crippen LogP contribution in [0.3, 0.4) is 0 Å². The molecule has 1 spiro atoms. The monoisotopic (exact) mass is 464 g/mol. The number of piperidine rings is 1. The van der Waals surface area contributed by atoms with E-state index in [2.05, 4.69) is 15.0 Å². The molecule has 2 aliphatic heterocycles. The maximum Gasteiger partial charge on any atom is 0.297 e. The van der Waals surface area contributed by atoms with Gasteiger partial charge in [0, 0.05) is 52.9 Å². The quantitative estimate of drug-likeness (QED) is 0.533. The summed E-state index contributed by atoms with van der Waals surface area (Å²) in [7, 11) is 0. The van der Waals surface area contributed by atoms with Crippen molar-refractivity contribution in [3.63, 3.8) is 0 Å². The van der Waals surface area contributed by atoms with E-state index in [9.17, 15) is 8.78 Å². The van der Waals surface area contributed by atoms with E-state index in [1.807, 2.05) is 20.0 Å². The van der Waals surface area contributed by atoms with Gasteiger partial charge in [-0.05, 0) is 44.9 Å². The number of pyridine rings is 1. The van der Waals surface area contributed by atoms with E-state index >= 15 is 0 Å². The van der Waals surface area contributed by atoms with Gasteiger partial charge < -0.3 is 4.74 Å². The number of fused-ring (bicyclic) bond motifs is 2. The van der Waals surface area contributed by atoms with E-state index in [1.54, 1.807) is 29.1 Å². The molecule has 1 saturated heterocycles. The molecule has 5 nitrogen and oxygen atoms in total. The molecule has 0 N–H and O–H groups in total. The zero-order valence-corrected chi connectivity index (χ0v) is 18.9. The first-order valence-corrected chi connectivity index (χ1v) is 11.5. The predicted octanol–water partition coefficient (Wildman–Crippen LogP) is 5.21. The largest absolute Gasteiger partial charge is 0.363 e. The number of aryl methyl sites for hydroxylation is 2. The molecular formula is C22H23ClF2N4OS. The number of nitrogens with zero attached hydrogens (tertiary/aromatic N) is 4. The minimum absolute atomic E-state index is 0.166. The fourth-order valence-electron chi connectivity index (χ4n) is 4.49. The minimum atomic E-state index is -2.90. The number of alkyl halides is 2. The number of thiophene rings is 1. The maximum absolute atomic E-state index is 14.4. The van der Waals surface area contributed by atoms with Crippen molar-refractivity contribution in [1.29, 1.82) is 0 Å². The third-order valence-electron chi connectivity index (χ3n) is 6.21. The fraction of sp³-hybridized carbons (Fsp3) is 0.455. The molecule has 164 valence electrons. The van der Waals surface area contributed by atoms with E-state index < -0.39 is 18.1 Å². The molecule has 0 aliphatic carbocycles. The molecule has 2 aliphatic rings. The lowest BCUT2D eigenvalue weighted by Crippen LogP contribution is -2.48. The van der Waals surface area contributed by atoms with Crippen molar-refractivity contribution < 1.29 is 13.5 Å². The Balaban J connectivity index is 1.32. The van der Waals surface area contributed by atoms with Crippen molar-refractivity contribution in [2.24, 2.45) is 0 Å². The molecule has 3 aromatic heterocycles. The number of ether oxygens (including phenoxy) is 1. The highest BCUT2D eigenvalue weighted by Crippen LogP contribution is 2.51. The fourth-order valence-corrected chi connectivity index (χ4v) is 5.96. The summed E-state index contributed by atoms with van der Waals surface area (Å²) in [6.07, 6.45) is 5.06. The number of likely N-dealkylation sites (tertiary alicyclic amines) is 1. The van der Waals surface area contributed by atoms with Crippen molar-refractivity contribution in [3.8, 4) is 5.82 Å². The molecule has 0 saturated carbocycles. The molecule has 0 atom stereocenters. The highest BCUT2D eigenvalue weighted by Gasteiger charge is 2.51. The van der Waals surface area contributed by atoms with Gasteiger partial charge in [0.2, 0.25) is 0 Å². The van der Waals surface area contributed by atoms with Crippen LogP contribution < -0.4 is 0 Å². The first-order valence-electron chi connectivity index (χ1n) is 10.3. The summed E-state index contributed by atoms with van der Waals surface area (Å²) in [6, 6.07) is 5.21. The van der Waals surface area contributed by atoms with Gasteiger partial charge in [-0.25, -0.2) is 9.67 Å². The Morgan fingerprint density at radius 3 is 2.77 bits per heavy atom. The van der Waals surface area contributed by atoms with Gasteiger partial charge >= 0.3 is 0 Å². The number of aromatic nitrogens is 3. The molecule has 9 heteroatoms. The van der Waals surface area contributed by atoms with Crippen molar-refractivity contribution in [1.82, 2.24) is 19.7 Å². The third-order valence-corrected chi connectivity index (χ3v) is 7.74. The van der Waals surface area contributed by atoms with Crippen LogP contribution in [-0.4, -0.2) is 39.4 Å². The maximum atomic E-state index is 14.4. The van der Waals surface area contributed by atoms with Crippen molar-refractivity contribution in [2.75, 3.05) is 19.7 Å². The summed E-state index contributed by atoms with van der Waals surface area (Å²) in [6.45, 7) is 5.61. The highest BCUT2D eigenvalue weighted by atomic mass is 35.5. The van der Waals surface area contributed by atoms with E-state index in [0.29, 0.717) is 23.7 Å². The van der Waals surface area contributed by atoms with Crippen LogP contribution in [0.5, 0.6) is 0 Å². The molecule has 0 bridgehead atoms. The topological polar surface area (TPSA) is 43.2 Å². The second-order valence-corrected chi connectivity index (χ2v) is 10.0. The molecule has 0 aromatic carbocycles. The van der Waals surface area contributed by atoms with Gasteiger partial charge in [-0.2, -0.15) is 13.9 Å². The summed E-state index contributed by atoms with van der Waals surface area (Å²) >= 11 is 7.71. The lowest BCUT2D eigenvalue weighted by atomic mass is 9.84. The van der Waals surface area contributed by atoms with Crippen LogP contribution in [0.4, 0.5) is 8.78 Å². The summed E-state index contributed by atoms with van der Waals surface area (Å²) in [5.74, 6) is -2.30. The molecule has 5 rings (SSSR count). The Hall–Kier alpha value is -1.87. The molecule has 1 fully saturated rings. The van der Waals surface area contributed by atoms with Gasteiger partial charge in [0.05, 0.1) is 10.7 Å². The molecule has 0 amide bonds. The zero-order valence-electron chi connectivity index (χ0n) is 17.4. The average Bonchev–Trinajstić information content (AvgIpc) is 3.31. The van der Waals surface area contributed by atoms with Crippen molar-refractivity contribution >= 4 is 22.9 Å². The predicted molar refractivity (Wildman–Crippen MR) is 116 cm³/mol. The average molecular weight is 465 g/mol. The second-order valence-electron chi connectivity index (χ2n) is 8.36. The van der Waals surface area contributed by atoms with Gasteiger partial charge in [-0.1, -0.05) is 11.6 Å². The Labute approximate surface area is 188 Å². The van der Waals surface area contributed by atoms with Crippen LogP contribution in [0.1, 0.15) is 39.4 Å². The molecule has 3 aromatic rings. The van der Waals surface area contributed by atoms with E-state index in [-0.39, 0.29) is 5.56 Å². The van der Waals surface area contributed by atoms with E-state index in [0.717, 1.165) is 40.6 Å². The lowest BCUT2D eigenvalue weighted by molar-refractivity contribution is -0.182. The van der Waals surface area contributed by atoms with Crippen LogP contribution in [0.15, 0.2) is 30.6 Å². The Morgan fingerprint density at radius 2 is 2.03 bits per heavy atom. The number of rotatable bonds is 3. The summed E-state index contributed by atoms with van der Waals surface area (Å²) in [5, 5.41) is 5.12. The van der Waals surface area contributed by atoms with Gasteiger partial charge in [-0.15, -0.1) is 11.3 Å². The summed E-state index contributed by atoms with van der Waals surface area (Å²) in [4.78, 5) is 8.28. The number of halogens is 3. The van der Waals surface area contributed by atoms with Gasteiger partial charge in [-0.3, -0.25) is 4.90 Å². The Bertz CT molecular complexity index is 1120. The minimum Gasteiger partial charge on any atom is -0.363 e. The molecule has 5 heterocycles. The first kappa shape index (κ1) is 21.0. The zero-order chi connectivity index (χ0) is 21.8. The van der Waals surface area contributed by atoms with Crippen LogP contribution >= 0.6 is 22.9 Å². The summed E-state index contributed by atoms with van der Waals surface area (Å²) in [5.41, 5.74) is 1.60. The number of hydrogen-bond donors (Lipinski definition) is 0. The normalized spacial score (nSPS) is 20.2. The van der Waals surface area contributed by atoms with E-state index in [4.69, 9.17) is 16.3 Å². The van der Waals surface area contributed by atoms with Crippen LogP contribution in [0.25, 0.3) is 5.82 Å². The molecule has 0 radical (unpaired) electrons. The van der Waals surface area contributed by atoms with Crippen LogP contribution in [0.2, 0.25) is 5.02 Å². The molecular weight excluding hydrogens is 442 g/mol. The van der Waals surface area contributed by atoms with Gasteiger partial charge in [0.25, 0.3) is 5.92 Å². The standard InChI is InChI=1S/C22H23ClF2N4OS/c1-14-10-17-19(31-14)21(30-13-22(17,24)25)5-8-28(9-6-21)11-16-12-29(27-15(16)2)20-18(23)4-3-7-26-20/h3-4,7,10,12H,5-6,8-9,11,13H2,1-2H3. The smallest absolute Gasteiger partial charge is 0.297 e. The van der Waals surface area contributed by atoms with Gasteiger partial charge in [0.1, 0.15) is 12.2 Å². The SMILES string of the molecule is Cc1cc2c(s1)C1(CCN(Cc3cn(-c4ncccc4Cl)nc3C)CC1)OCC2(F)F. The third kappa shape index (κ3) is 3.69. The summed E-state index contributed by atoms with van der Waals surface area (Å²) < 4.78 is 36.3. The first-order chi connectivity index (χ1) is 14.8. The number of hydrogen-bond acceptors (Lipinski definition) is 5. The van der Waals surface area contributed by atoms with Crippen LogP contribution in [-0.2, 0) is 22.8 Å². The van der Waals surface area contributed by atoms with Gasteiger partial charge in [0.15, 0.2) is 5.82 Å². The second kappa shape index (κ2) is 7.62. The van der Waals surface area contributed by atoms with Crippen LogP contribution in [0, 0.1) is 13.8 Å². The lowest BCUT2D eigenvalue weighted by Gasteiger charge is -2.45. The molecule has 0 unspecified atom stereocenters. The Kier molecular flexibility index (Phi) is 5.16. The molecule has 31 heavy (non-hydrogen) atoms.